The summed E-state index contributed by atoms with van der Waals surface area (Å²) < 4.78 is 10.8. The SMILES string of the molecule is CC(C)c1nnc(COc2ccc(C(=O)O)cc2)o1. The minimum atomic E-state index is -0.968. The first-order valence-electron chi connectivity index (χ1n) is 5.84. The molecule has 6 nitrogen and oxygen atoms in total. The molecule has 0 aliphatic carbocycles. The van der Waals surface area contributed by atoms with Gasteiger partial charge in [-0.3, -0.25) is 0 Å². The smallest absolute Gasteiger partial charge is 0.335 e. The van der Waals surface area contributed by atoms with E-state index < -0.39 is 5.97 Å². The number of hydrogen-bond acceptors (Lipinski definition) is 5. The van der Waals surface area contributed by atoms with Gasteiger partial charge in [0, 0.05) is 5.92 Å². The van der Waals surface area contributed by atoms with Crippen LogP contribution in [0.4, 0.5) is 0 Å². The molecule has 0 fully saturated rings. The van der Waals surface area contributed by atoms with Crippen LogP contribution in [0.15, 0.2) is 28.7 Å². The number of hydrogen-bond donors (Lipinski definition) is 1. The molecule has 0 saturated carbocycles. The first-order chi connectivity index (χ1) is 9.06. The number of carbonyl (C=O) groups is 1. The van der Waals surface area contributed by atoms with Gasteiger partial charge in [-0.15, -0.1) is 10.2 Å². The Morgan fingerprint density at radius 3 is 2.53 bits per heavy atom. The van der Waals surface area contributed by atoms with E-state index in [1.54, 1.807) is 12.1 Å². The molecule has 0 aliphatic heterocycles. The van der Waals surface area contributed by atoms with Crippen molar-refractivity contribution in [3.63, 3.8) is 0 Å². The molecule has 1 aromatic carbocycles. The van der Waals surface area contributed by atoms with Crippen LogP contribution in [0.1, 0.15) is 41.9 Å². The van der Waals surface area contributed by atoms with Crippen molar-refractivity contribution in [3.8, 4) is 5.75 Å². The fourth-order valence-electron chi connectivity index (χ4n) is 1.40. The van der Waals surface area contributed by atoms with Crippen molar-refractivity contribution in [2.24, 2.45) is 0 Å². The second-order valence-electron chi connectivity index (χ2n) is 4.31. The summed E-state index contributed by atoms with van der Waals surface area (Å²) in [6.07, 6.45) is 0. The standard InChI is InChI=1S/C13H14N2O4/c1-8(2)12-15-14-11(19-12)7-18-10-5-3-9(4-6-10)13(16)17/h3-6,8H,7H2,1-2H3,(H,16,17). The molecular formula is C13H14N2O4. The molecule has 0 spiro atoms. The Morgan fingerprint density at radius 1 is 1.32 bits per heavy atom. The summed E-state index contributed by atoms with van der Waals surface area (Å²) in [7, 11) is 0. The Labute approximate surface area is 110 Å². The Balaban J connectivity index is 1.96. The summed E-state index contributed by atoms with van der Waals surface area (Å²) in [6.45, 7) is 4.08. The Kier molecular flexibility index (Phi) is 3.79. The van der Waals surface area contributed by atoms with Gasteiger partial charge in [0.1, 0.15) is 5.75 Å². The van der Waals surface area contributed by atoms with Gasteiger partial charge in [-0.1, -0.05) is 13.8 Å². The lowest BCUT2D eigenvalue weighted by molar-refractivity contribution is 0.0697. The molecule has 0 aliphatic rings. The summed E-state index contributed by atoms with van der Waals surface area (Å²) in [5.41, 5.74) is 0.215. The maximum Gasteiger partial charge on any atom is 0.335 e. The lowest BCUT2D eigenvalue weighted by Crippen LogP contribution is -1.98. The molecule has 100 valence electrons. The second-order valence-corrected chi connectivity index (χ2v) is 4.31. The van der Waals surface area contributed by atoms with Crippen molar-refractivity contribution in [1.29, 1.82) is 0 Å². The van der Waals surface area contributed by atoms with E-state index in [4.69, 9.17) is 14.3 Å². The van der Waals surface area contributed by atoms with Crippen LogP contribution in [0, 0.1) is 0 Å². The zero-order valence-electron chi connectivity index (χ0n) is 10.7. The third-order valence-corrected chi connectivity index (χ3v) is 2.44. The molecule has 0 atom stereocenters. The molecule has 1 aromatic heterocycles. The molecule has 2 aromatic rings. The predicted molar refractivity (Wildman–Crippen MR) is 66.1 cm³/mol. The zero-order chi connectivity index (χ0) is 13.8. The number of aromatic nitrogens is 2. The molecule has 0 bridgehead atoms. The highest BCUT2D eigenvalue weighted by Crippen LogP contribution is 2.16. The van der Waals surface area contributed by atoms with Crippen molar-refractivity contribution in [2.75, 3.05) is 0 Å². The second kappa shape index (κ2) is 5.51. The maximum absolute atomic E-state index is 10.7. The quantitative estimate of drug-likeness (QED) is 0.890. The summed E-state index contributed by atoms with van der Waals surface area (Å²) in [5, 5.41) is 16.5. The average Bonchev–Trinajstić information content (AvgIpc) is 2.86. The van der Waals surface area contributed by atoms with Crippen LogP contribution in [0.2, 0.25) is 0 Å². The highest BCUT2D eigenvalue weighted by molar-refractivity contribution is 5.87. The van der Waals surface area contributed by atoms with Gasteiger partial charge in [0.15, 0.2) is 6.61 Å². The van der Waals surface area contributed by atoms with Gasteiger partial charge in [0.2, 0.25) is 5.89 Å². The van der Waals surface area contributed by atoms with Crippen LogP contribution in [0.3, 0.4) is 0 Å². The number of aromatic carboxylic acids is 1. The summed E-state index contributed by atoms with van der Waals surface area (Å²) in [5.74, 6) is 0.723. The lowest BCUT2D eigenvalue weighted by Gasteiger charge is -2.03. The monoisotopic (exact) mass is 262 g/mol. The van der Waals surface area contributed by atoms with Crippen LogP contribution < -0.4 is 4.74 Å². The minimum Gasteiger partial charge on any atom is -0.484 e. The van der Waals surface area contributed by atoms with Crippen molar-refractivity contribution >= 4 is 5.97 Å². The number of carboxylic acids is 1. The van der Waals surface area contributed by atoms with Crippen molar-refractivity contribution in [2.45, 2.75) is 26.4 Å². The van der Waals surface area contributed by atoms with E-state index in [2.05, 4.69) is 10.2 Å². The van der Waals surface area contributed by atoms with Gasteiger partial charge in [-0.05, 0) is 24.3 Å². The highest BCUT2D eigenvalue weighted by Gasteiger charge is 2.10. The number of benzene rings is 1. The summed E-state index contributed by atoms with van der Waals surface area (Å²) in [6, 6.07) is 6.13. The minimum absolute atomic E-state index is 0.159. The molecule has 0 saturated heterocycles. The number of nitrogens with zero attached hydrogens (tertiary/aromatic N) is 2. The van der Waals surface area contributed by atoms with E-state index in [0.717, 1.165) is 0 Å². The van der Waals surface area contributed by atoms with Crippen LogP contribution in [0.25, 0.3) is 0 Å². The third kappa shape index (κ3) is 3.31. The van der Waals surface area contributed by atoms with E-state index in [-0.39, 0.29) is 18.1 Å². The average molecular weight is 262 g/mol. The van der Waals surface area contributed by atoms with Crippen LogP contribution in [0.5, 0.6) is 5.75 Å². The molecule has 0 radical (unpaired) electrons. The lowest BCUT2D eigenvalue weighted by atomic mass is 10.2. The predicted octanol–water partition coefficient (Wildman–Crippen LogP) is 2.47. The Morgan fingerprint density at radius 2 is 2.00 bits per heavy atom. The molecule has 6 heteroatoms. The van der Waals surface area contributed by atoms with Crippen LogP contribution in [-0.4, -0.2) is 21.3 Å². The zero-order valence-corrected chi connectivity index (χ0v) is 10.7. The van der Waals surface area contributed by atoms with Gasteiger partial charge in [0.05, 0.1) is 5.56 Å². The molecule has 19 heavy (non-hydrogen) atoms. The molecule has 2 rings (SSSR count). The van der Waals surface area contributed by atoms with Gasteiger partial charge in [0.25, 0.3) is 5.89 Å². The first-order valence-corrected chi connectivity index (χ1v) is 5.84. The van der Waals surface area contributed by atoms with Crippen LogP contribution >= 0.6 is 0 Å². The topological polar surface area (TPSA) is 85.5 Å². The van der Waals surface area contributed by atoms with E-state index >= 15 is 0 Å². The third-order valence-electron chi connectivity index (χ3n) is 2.44. The fourth-order valence-corrected chi connectivity index (χ4v) is 1.40. The number of carboxylic acid groups (broad SMARTS) is 1. The highest BCUT2D eigenvalue weighted by atomic mass is 16.5. The number of ether oxygens (including phenoxy) is 1. The van der Waals surface area contributed by atoms with Gasteiger partial charge in [-0.25, -0.2) is 4.79 Å². The maximum atomic E-state index is 10.7. The van der Waals surface area contributed by atoms with Gasteiger partial charge < -0.3 is 14.3 Å². The van der Waals surface area contributed by atoms with Crippen molar-refractivity contribution in [3.05, 3.63) is 41.6 Å². The van der Waals surface area contributed by atoms with Gasteiger partial charge >= 0.3 is 5.97 Å². The van der Waals surface area contributed by atoms with E-state index in [0.29, 0.717) is 17.5 Å². The van der Waals surface area contributed by atoms with Crippen molar-refractivity contribution < 1.29 is 19.1 Å². The molecular weight excluding hydrogens is 248 g/mol. The summed E-state index contributed by atoms with van der Waals surface area (Å²) >= 11 is 0. The van der Waals surface area contributed by atoms with Crippen LogP contribution in [-0.2, 0) is 6.61 Å². The largest absolute Gasteiger partial charge is 0.484 e. The molecule has 0 amide bonds. The summed E-state index contributed by atoms with van der Waals surface area (Å²) in [4.78, 5) is 10.7. The molecule has 0 unspecified atom stereocenters. The molecule has 1 N–H and O–H groups in total. The van der Waals surface area contributed by atoms with Crippen molar-refractivity contribution in [1.82, 2.24) is 10.2 Å². The van der Waals surface area contributed by atoms with E-state index in [9.17, 15) is 4.79 Å². The van der Waals surface area contributed by atoms with Gasteiger partial charge in [-0.2, -0.15) is 0 Å². The first kappa shape index (κ1) is 13.1. The normalized spacial score (nSPS) is 10.7. The molecule has 1 heterocycles. The Bertz CT molecular complexity index is 560. The fraction of sp³-hybridized carbons (Fsp3) is 0.308. The van der Waals surface area contributed by atoms with E-state index in [1.807, 2.05) is 13.8 Å². The van der Waals surface area contributed by atoms with E-state index in [1.165, 1.54) is 12.1 Å². The number of rotatable bonds is 5. The Hall–Kier alpha value is -2.37.